The summed E-state index contributed by atoms with van der Waals surface area (Å²) in [5.74, 6) is 1.83. The van der Waals surface area contributed by atoms with Crippen molar-refractivity contribution in [2.45, 2.75) is 5.41 Å². The second-order valence-electron chi connectivity index (χ2n) is 15.9. The molecule has 1 aliphatic rings. The van der Waals surface area contributed by atoms with Crippen molar-refractivity contribution < 1.29 is 0 Å². The average molecular weight is 803 g/mol. The van der Waals surface area contributed by atoms with Crippen LogP contribution in [0.15, 0.2) is 231 Å². The summed E-state index contributed by atoms with van der Waals surface area (Å²) >= 11 is 0. The lowest BCUT2D eigenvalue weighted by atomic mass is 9.67. The first-order chi connectivity index (χ1) is 31.2. The molecule has 9 aromatic carbocycles. The second kappa shape index (κ2) is 15.8. The number of hydrogen-bond acceptors (Lipinski definition) is 3. The van der Waals surface area contributed by atoms with E-state index in [0.717, 1.165) is 61.2 Å². The van der Waals surface area contributed by atoms with Crippen LogP contribution in [0.25, 0.3) is 83.5 Å². The average Bonchev–Trinajstić information content (AvgIpc) is 3.67. The van der Waals surface area contributed by atoms with E-state index in [-0.39, 0.29) is 0 Å². The van der Waals surface area contributed by atoms with Gasteiger partial charge in [0, 0.05) is 16.7 Å². The van der Waals surface area contributed by atoms with Gasteiger partial charge in [-0.15, -0.1) is 0 Å². The number of nitrogens with zero attached hydrogens (tertiary/aromatic N) is 4. The van der Waals surface area contributed by atoms with Crippen molar-refractivity contribution in [2.75, 3.05) is 0 Å². The first-order valence-corrected chi connectivity index (χ1v) is 21.1. The van der Waals surface area contributed by atoms with Gasteiger partial charge in [0.15, 0.2) is 23.2 Å². The third kappa shape index (κ3) is 6.70. The van der Waals surface area contributed by atoms with E-state index in [2.05, 4.69) is 217 Å². The number of rotatable bonds is 8. The number of hydrogen-bond donors (Lipinski definition) is 0. The molecule has 0 saturated carbocycles. The van der Waals surface area contributed by atoms with Crippen LogP contribution in [0.2, 0.25) is 0 Å². The summed E-state index contributed by atoms with van der Waals surface area (Å²) in [6, 6.07) is 80.6. The minimum absolute atomic E-state index is 0.569. The van der Waals surface area contributed by atoms with Crippen LogP contribution in [-0.4, -0.2) is 15.0 Å². The van der Waals surface area contributed by atoms with E-state index in [1.54, 1.807) is 0 Å². The molecule has 0 spiro atoms. The van der Waals surface area contributed by atoms with Gasteiger partial charge in [-0.2, -0.15) is 0 Å². The van der Waals surface area contributed by atoms with Gasteiger partial charge in [-0.25, -0.2) is 19.8 Å². The number of benzene rings is 9. The van der Waals surface area contributed by atoms with E-state index in [9.17, 15) is 0 Å². The summed E-state index contributed by atoms with van der Waals surface area (Å²) in [5, 5.41) is 0. The third-order valence-electron chi connectivity index (χ3n) is 12.3. The smallest absolute Gasteiger partial charge is 0.187 e. The van der Waals surface area contributed by atoms with Crippen molar-refractivity contribution in [1.82, 2.24) is 15.0 Å². The molecule has 1 aliphatic carbocycles. The Morgan fingerprint density at radius 2 is 0.667 bits per heavy atom. The van der Waals surface area contributed by atoms with Crippen molar-refractivity contribution in [3.05, 3.63) is 264 Å². The van der Waals surface area contributed by atoms with Gasteiger partial charge in [0.1, 0.15) is 0 Å². The lowest BCUT2D eigenvalue weighted by molar-refractivity contribution is 0.769. The van der Waals surface area contributed by atoms with Gasteiger partial charge in [0.25, 0.3) is 0 Å². The fourth-order valence-corrected chi connectivity index (χ4v) is 9.19. The van der Waals surface area contributed by atoms with Crippen molar-refractivity contribution >= 4 is 5.69 Å². The maximum Gasteiger partial charge on any atom is 0.187 e. The zero-order valence-corrected chi connectivity index (χ0v) is 34.2. The fraction of sp³-hybridized carbons (Fsp3) is 0.0169. The Balaban J connectivity index is 1.00. The molecule has 0 N–H and O–H groups in total. The van der Waals surface area contributed by atoms with E-state index in [4.69, 9.17) is 21.5 Å². The highest BCUT2D eigenvalue weighted by Crippen LogP contribution is 2.57. The van der Waals surface area contributed by atoms with Crippen molar-refractivity contribution in [3.63, 3.8) is 0 Å². The van der Waals surface area contributed by atoms with Crippen LogP contribution in [0.4, 0.5) is 5.69 Å². The number of fused-ring (bicyclic) bond motifs is 3. The van der Waals surface area contributed by atoms with Gasteiger partial charge >= 0.3 is 0 Å². The second-order valence-corrected chi connectivity index (χ2v) is 15.9. The number of aromatic nitrogens is 3. The van der Waals surface area contributed by atoms with Crippen molar-refractivity contribution in [3.8, 4) is 78.7 Å². The standard InChI is InChI=1S/C59H38N4/c1-60-51-35-37-54-53(39-51)52-36-34-48(38-55(52)59(54,49-18-10-4-11-19-49)50-20-12-5-13-21-50)44-26-32-47(33-27-44)58-62-56(45-28-22-42(23-29-45)40-14-6-2-7-15-40)61-57(63-58)46-30-24-43(25-31-46)41-16-8-3-9-17-41/h2-39H. The van der Waals surface area contributed by atoms with Crippen molar-refractivity contribution in [1.29, 1.82) is 0 Å². The van der Waals surface area contributed by atoms with Crippen LogP contribution < -0.4 is 0 Å². The van der Waals surface area contributed by atoms with Crippen molar-refractivity contribution in [2.24, 2.45) is 0 Å². The normalized spacial score (nSPS) is 12.2. The van der Waals surface area contributed by atoms with Crippen LogP contribution in [0.5, 0.6) is 0 Å². The zero-order valence-electron chi connectivity index (χ0n) is 34.2. The summed E-state index contributed by atoms with van der Waals surface area (Å²) in [6.07, 6.45) is 0. The van der Waals surface area contributed by atoms with E-state index in [0.29, 0.717) is 23.2 Å². The maximum absolute atomic E-state index is 7.84. The lowest BCUT2D eigenvalue weighted by Crippen LogP contribution is -2.28. The molecule has 63 heavy (non-hydrogen) atoms. The highest BCUT2D eigenvalue weighted by atomic mass is 15.0. The van der Waals surface area contributed by atoms with Gasteiger partial charge in [-0.05, 0) is 78.9 Å². The monoisotopic (exact) mass is 802 g/mol. The molecule has 294 valence electrons. The molecule has 0 radical (unpaired) electrons. The Bertz CT molecular complexity index is 3150. The zero-order chi connectivity index (χ0) is 42.2. The molecular formula is C59H38N4. The minimum Gasteiger partial charge on any atom is -0.238 e. The SMILES string of the molecule is [C-]#[N+]c1ccc2c(c1)-c1ccc(-c3ccc(-c4nc(-c5ccc(-c6ccccc6)cc5)nc(-c5ccc(-c6ccccc6)cc5)n4)cc3)cc1C2(c1ccccc1)c1ccccc1. The molecule has 0 saturated heterocycles. The van der Waals surface area contributed by atoms with Crippen LogP contribution in [0, 0.1) is 6.57 Å². The molecular weight excluding hydrogens is 765 g/mol. The molecule has 11 rings (SSSR count). The summed E-state index contributed by atoms with van der Waals surface area (Å²) in [5.41, 5.74) is 16.5. The van der Waals surface area contributed by atoms with Gasteiger partial charge < -0.3 is 0 Å². The first kappa shape index (κ1) is 37.5. The van der Waals surface area contributed by atoms with E-state index in [1.165, 1.54) is 22.3 Å². The Hall–Kier alpha value is -8.52. The first-order valence-electron chi connectivity index (χ1n) is 21.1. The lowest BCUT2D eigenvalue weighted by Gasteiger charge is -2.34. The molecule has 0 aliphatic heterocycles. The molecule has 10 aromatic rings. The summed E-state index contributed by atoms with van der Waals surface area (Å²) in [7, 11) is 0. The molecule has 0 fully saturated rings. The quantitative estimate of drug-likeness (QED) is 0.144. The molecule has 1 heterocycles. The molecule has 0 bridgehead atoms. The molecule has 0 amide bonds. The van der Waals surface area contributed by atoms with Crippen LogP contribution >= 0.6 is 0 Å². The van der Waals surface area contributed by atoms with Crippen LogP contribution in [0.3, 0.4) is 0 Å². The van der Waals surface area contributed by atoms with Gasteiger partial charge in [0.2, 0.25) is 0 Å². The Morgan fingerprint density at radius 1 is 0.302 bits per heavy atom. The van der Waals surface area contributed by atoms with Gasteiger partial charge in [0.05, 0.1) is 12.0 Å². The highest BCUT2D eigenvalue weighted by molar-refractivity contribution is 5.90. The molecule has 4 nitrogen and oxygen atoms in total. The molecule has 0 unspecified atom stereocenters. The minimum atomic E-state index is -0.569. The van der Waals surface area contributed by atoms with Gasteiger partial charge in [-0.1, -0.05) is 218 Å². The largest absolute Gasteiger partial charge is 0.238 e. The molecule has 0 atom stereocenters. The van der Waals surface area contributed by atoms with E-state index < -0.39 is 5.41 Å². The maximum atomic E-state index is 7.84. The van der Waals surface area contributed by atoms with E-state index in [1.807, 2.05) is 18.2 Å². The Morgan fingerprint density at radius 3 is 1.10 bits per heavy atom. The van der Waals surface area contributed by atoms with Crippen LogP contribution in [0.1, 0.15) is 22.3 Å². The predicted molar refractivity (Wildman–Crippen MR) is 256 cm³/mol. The Kier molecular flexibility index (Phi) is 9.41. The summed E-state index contributed by atoms with van der Waals surface area (Å²) in [4.78, 5) is 19.1. The summed E-state index contributed by atoms with van der Waals surface area (Å²) in [6.45, 7) is 7.84. The third-order valence-corrected chi connectivity index (χ3v) is 12.3. The predicted octanol–water partition coefficient (Wildman–Crippen LogP) is 14.8. The molecule has 1 aromatic heterocycles. The van der Waals surface area contributed by atoms with E-state index >= 15 is 0 Å². The highest BCUT2D eigenvalue weighted by Gasteiger charge is 2.46. The van der Waals surface area contributed by atoms with Crippen LogP contribution in [-0.2, 0) is 5.41 Å². The Labute approximate surface area is 367 Å². The fourth-order valence-electron chi connectivity index (χ4n) is 9.19. The molecule has 4 heteroatoms. The topological polar surface area (TPSA) is 43.0 Å². The van der Waals surface area contributed by atoms with Gasteiger partial charge in [-0.3, -0.25) is 0 Å². The summed E-state index contributed by atoms with van der Waals surface area (Å²) < 4.78 is 0.